The Bertz CT molecular complexity index is 1040. The summed E-state index contributed by atoms with van der Waals surface area (Å²) < 4.78 is 36.1. The second kappa shape index (κ2) is 13.3. The van der Waals surface area contributed by atoms with Gasteiger partial charge in [-0.15, -0.1) is 0 Å². The van der Waals surface area contributed by atoms with Crippen molar-refractivity contribution in [2.75, 3.05) is 26.2 Å². The van der Waals surface area contributed by atoms with Crippen LogP contribution in [0.1, 0.15) is 27.0 Å². The largest absolute Gasteiger partial charge is 0.481 e. The summed E-state index contributed by atoms with van der Waals surface area (Å²) in [4.78, 5) is 56.1. The number of phosphoric acid groups is 2. The van der Waals surface area contributed by atoms with Gasteiger partial charge in [-0.05, 0) is 25.2 Å². The van der Waals surface area contributed by atoms with Crippen LogP contribution in [0, 0.1) is 0 Å². The zero-order chi connectivity index (χ0) is 26.1. The molecule has 0 bridgehead atoms. The van der Waals surface area contributed by atoms with Crippen LogP contribution in [0.25, 0.3) is 10.4 Å². The molecule has 0 saturated carbocycles. The monoisotopic (exact) mass is 530 g/mol. The van der Waals surface area contributed by atoms with Crippen LogP contribution in [0.15, 0.2) is 27.0 Å². The molecule has 5 atom stereocenters. The van der Waals surface area contributed by atoms with Crippen LogP contribution in [-0.4, -0.2) is 78.7 Å². The maximum absolute atomic E-state index is 11.9. The van der Waals surface area contributed by atoms with Crippen LogP contribution in [0.2, 0.25) is 0 Å². The molecule has 0 amide bonds. The summed E-state index contributed by atoms with van der Waals surface area (Å²) in [7, 11) is -10.6. The smallest absolute Gasteiger partial charge is 0.390 e. The summed E-state index contributed by atoms with van der Waals surface area (Å²) in [6.07, 6.45) is -3.49. The maximum atomic E-state index is 11.9. The quantitative estimate of drug-likeness (QED) is 0.116. The molecule has 1 saturated heterocycles. The number of phosphoric ester groups is 1. The van der Waals surface area contributed by atoms with Gasteiger partial charge in [-0.25, -0.2) is 13.9 Å². The Labute approximate surface area is 193 Å². The lowest BCUT2D eigenvalue weighted by Gasteiger charge is -2.18. The summed E-state index contributed by atoms with van der Waals surface area (Å²) in [6, 6.07) is -0.433. The minimum Gasteiger partial charge on any atom is -0.390 e. The van der Waals surface area contributed by atoms with E-state index in [0.29, 0.717) is 0 Å². The van der Waals surface area contributed by atoms with Gasteiger partial charge in [0.1, 0.15) is 18.4 Å². The van der Waals surface area contributed by atoms with E-state index in [4.69, 9.17) is 20.1 Å². The molecule has 1 aliphatic heterocycles. The standard InChI is InChI=1S/C9H13N5O11P2.C6H15N/c10-13-12-6-7(16)4(3-23-27(21,22)25-26(18,19)20)24-8(6)14-2-1-5(15)11-9(14)17;1-4-7(5-2)6-3/h1-2,4,6-8,16H,3H2,(H,21,22)(H,11,15,17)(H2,18,19,20);4-6H2,1-3H3/t4-,6-,7-,8-;/m1./s1. The van der Waals surface area contributed by atoms with E-state index < -0.39 is 58.0 Å². The lowest BCUT2D eigenvalue weighted by molar-refractivity contribution is -0.0455. The van der Waals surface area contributed by atoms with E-state index in [1.807, 2.05) is 4.98 Å². The van der Waals surface area contributed by atoms with Crippen molar-refractivity contribution in [3.05, 3.63) is 43.5 Å². The molecule has 0 radical (unpaired) electrons. The number of rotatable bonds is 10. The Morgan fingerprint density at radius 3 is 2.26 bits per heavy atom. The first-order valence-corrected chi connectivity index (χ1v) is 13.0. The number of ether oxygens (including phenoxy) is 1. The highest BCUT2D eigenvalue weighted by Crippen LogP contribution is 2.57. The van der Waals surface area contributed by atoms with Crippen LogP contribution in [0.3, 0.4) is 0 Å². The molecule has 194 valence electrons. The molecule has 1 fully saturated rings. The first kappa shape index (κ1) is 30.2. The summed E-state index contributed by atoms with van der Waals surface area (Å²) in [5.41, 5.74) is 6.96. The van der Waals surface area contributed by atoms with E-state index in [1.54, 1.807) is 0 Å². The van der Waals surface area contributed by atoms with Crippen molar-refractivity contribution in [1.29, 1.82) is 0 Å². The fraction of sp³-hybridized carbons (Fsp3) is 0.733. The minimum absolute atomic E-state index is 0.717. The number of nitrogens with one attached hydrogen (secondary N) is 1. The van der Waals surface area contributed by atoms with Gasteiger partial charge in [-0.1, -0.05) is 25.9 Å². The molecular formula is C15H28N6O11P2. The van der Waals surface area contributed by atoms with Crippen LogP contribution < -0.4 is 11.2 Å². The maximum Gasteiger partial charge on any atom is 0.481 e. The van der Waals surface area contributed by atoms with E-state index in [-0.39, 0.29) is 0 Å². The lowest BCUT2D eigenvalue weighted by Crippen LogP contribution is -2.36. The molecular weight excluding hydrogens is 502 g/mol. The van der Waals surface area contributed by atoms with Gasteiger partial charge in [0.05, 0.1) is 12.7 Å². The molecule has 1 aromatic rings. The third-order valence-electron chi connectivity index (χ3n) is 4.60. The lowest BCUT2D eigenvalue weighted by atomic mass is 10.1. The summed E-state index contributed by atoms with van der Waals surface area (Å²) in [5.74, 6) is 0. The highest BCUT2D eigenvalue weighted by Gasteiger charge is 2.46. The number of aliphatic hydroxyl groups excluding tert-OH is 1. The first-order chi connectivity index (χ1) is 15.8. The first-order valence-electron chi connectivity index (χ1n) is 9.94. The predicted octanol–water partition coefficient (Wildman–Crippen LogP) is 0.0482. The summed E-state index contributed by atoms with van der Waals surface area (Å²) in [5, 5.41) is 13.5. The highest BCUT2D eigenvalue weighted by atomic mass is 31.3. The molecule has 19 heteroatoms. The van der Waals surface area contributed by atoms with E-state index in [2.05, 4.69) is 44.5 Å². The molecule has 5 N–H and O–H groups in total. The molecule has 1 aromatic heterocycles. The Morgan fingerprint density at radius 2 is 1.82 bits per heavy atom. The van der Waals surface area contributed by atoms with Gasteiger partial charge in [-0.3, -0.25) is 18.9 Å². The van der Waals surface area contributed by atoms with E-state index >= 15 is 0 Å². The molecule has 1 unspecified atom stereocenters. The Morgan fingerprint density at radius 1 is 1.24 bits per heavy atom. The molecule has 17 nitrogen and oxygen atoms in total. The fourth-order valence-corrected chi connectivity index (χ4v) is 4.50. The molecule has 2 heterocycles. The van der Waals surface area contributed by atoms with Crippen molar-refractivity contribution in [1.82, 2.24) is 14.5 Å². The Hall–Kier alpha value is -1.87. The van der Waals surface area contributed by atoms with Crippen molar-refractivity contribution < 1.29 is 42.5 Å². The Kier molecular flexibility index (Phi) is 11.8. The van der Waals surface area contributed by atoms with Crippen molar-refractivity contribution in [2.45, 2.75) is 45.2 Å². The van der Waals surface area contributed by atoms with Gasteiger partial charge < -0.3 is 29.4 Å². The zero-order valence-electron chi connectivity index (χ0n) is 18.6. The number of aromatic nitrogens is 2. The zero-order valence-corrected chi connectivity index (χ0v) is 20.4. The second-order valence-electron chi connectivity index (χ2n) is 6.72. The number of azide groups is 1. The SMILES string of the molecule is CCN(CC)CC.[N-]=[N+]=N[C@@H]1[C@H](O)[C@@H](COP(=O)(O)OP(=O)(O)O)O[C@H]1n1ccc(=O)[nH]c1=O. The van der Waals surface area contributed by atoms with Crippen LogP contribution in [-0.2, 0) is 22.7 Å². The average Bonchev–Trinajstić information content (AvgIpc) is 3.02. The average molecular weight is 530 g/mol. The van der Waals surface area contributed by atoms with Gasteiger partial charge in [-0.2, -0.15) is 4.31 Å². The van der Waals surface area contributed by atoms with Crippen LogP contribution >= 0.6 is 15.6 Å². The molecule has 0 aliphatic carbocycles. The summed E-state index contributed by atoms with van der Waals surface area (Å²) in [6.45, 7) is 9.21. The topological polar surface area (TPSA) is 250 Å². The molecule has 2 rings (SSSR count). The third kappa shape index (κ3) is 9.41. The van der Waals surface area contributed by atoms with Crippen molar-refractivity contribution in [3.63, 3.8) is 0 Å². The van der Waals surface area contributed by atoms with Crippen LogP contribution in [0.4, 0.5) is 0 Å². The molecule has 34 heavy (non-hydrogen) atoms. The molecule has 1 aliphatic rings. The van der Waals surface area contributed by atoms with Crippen molar-refractivity contribution in [2.24, 2.45) is 5.11 Å². The number of H-pyrrole nitrogens is 1. The number of nitrogens with zero attached hydrogens (tertiary/aromatic N) is 5. The van der Waals surface area contributed by atoms with E-state index in [0.717, 1.165) is 16.8 Å². The van der Waals surface area contributed by atoms with Gasteiger partial charge in [0.25, 0.3) is 5.56 Å². The molecule has 0 spiro atoms. The summed E-state index contributed by atoms with van der Waals surface area (Å²) >= 11 is 0. The van der Waals surface area contributed by atoms with E-state index in [9.17, 15) is 28.7 Å². The fourth-order valence-electron chi connectivity index (χ4n) is 2.91. The van der Waals surface area contributed by atoms with Gasteiger partial charge >= 0.3 is 21.3 Å². The highest BCUT2D eigenvalue weighted by molar-refractivity contribution is 7.60. The number of hydrogen-bond acceptors (Lipinski definition) is 10. The predicted molar refractivity (Wildman–Crippen MR) is 117 cm³/mol. The number of aromatic amines is 1. The number of hydrogen-bond donors (Lipinski definition) is 5. The van der Waals surface area contributed by atoms with Gasteiger partial charge in [0.2, 0.25) is 0 Å². The van der Waals surface area contributed by atoms with E-state index in [1.165, 1.54) is 19.6 Å². The number of aliphatic hydroxyl groups is 1. The normalized spacial score (nSPS) is 24.1. The Balaban J connectivity index is 0.000000718. The van der Waals surface area contributed by atoms with Gasteiger partial charge in [0, 0.05) is 17.2 Å². The molecule has 0 aromatic carbocycles. The minimum atomic E-state index is -5.34. The van der Waals surface area contributed by atoms with Crippen molar-refractivity contribution >= 4 is 15.6 Å². The third-order valence-corrected chi connectivity index (χ3v) is 6.75. The van der Waals surface area contributed by atoms with Gasteiger partial charge in [0.15, 0.2) is 0 Å². The van der Waals surface area contributed by atoms with Crippen LogP contribution in [0.5, 0.6) is 0 Å². The van der Waals surface area contributed by atoms with Crippen molar-refractivity contribution in [3.8, 4) is 0 Å². The second-order valence-corrected chi connectivity index (χ2v) is 9.55.